The minimum Gasteiger partial charge on any atom is -0.394 e. The normalized spacial score (nSPS) is 19.8. The van der Waals surface area contributed by atoms with E-state index in [1.807, 2.05) is 6.08 Å². The van der Waals surface area contributed by atoms with E-state index < -0.39 is 49.5 Å². The summed E-state index contributed by atoms with van der Waals surface area (Å²) in [6, 6.07) is -0.821. The zero-order valence-corrected chi connectivity index (χ0v) is 44.8. The minimum atomic E-state index is -1.57. The molecule has 69 heavy (non-hydrogen) atoms. The van der Waals surface area contributed by atoms with Crippen molar-refractivity contribution < 1.29 is 39.8 Å². The molecule has 1 aliphatic rings. The van der Waals surface area contributed by atoms with Gasteiger partial charge in [-0.1, -0.05) is 249 Å². The highest BCUT2D eigenvalue weighted by molar-refractivity contribution is 5.76. The van der Waals surface area contributed by atoms with Gasteiger partial charge in [-0.15, -0.1) is 0 Å². The smallest absolute Gasteiger partial charge is 0.220 e. The standard InChI is InChI=1S/C60H111NO8/c1-3-5-7-9-11-13-15-17-18-19-20-21-22-23-24-25-26-27-28-29-30-31-32-33-34-35-36-38-40-42-44-46-48-50-56(64)61-53(52-68-60-59(67)58(66)57(65)55(51-62)69-60)54(63)49-47-45-43-41-39-37-16-14-12-10-8-6-4-2/h20-21,23-24,39,41,47,49,53-55,57-60,62-63,65-67H,3-19,22,25-38,40,42-46,48,50-52H2,1-2H3,(H,61,64)/b21-20-,24-23-,41-39+,49-47+. The Morgan fingerprint density at radius 2 is 0.870 bits per heavy atom. The highest BCUT2D eigenvalue weighted by Crippen LogP contribution is 2.23. The van der Waals surface area contributed by atoms with Crippen LogP contribution in [0.2, 0.25) is 0 Å². The van der Waals surface area contributed by atoms with E-state index in [0.717, 1.165) is 44.9 Å². The van der Waals surface area contributed by atoms with Gasteiger partial charge in [0.15, 0.2) is 6.29 Å². The first-order valence-corrected chi connectivity index (χ1v) is 29.4. The van der Waals surface area contributed by atoms with Crippen molar-refractivity contribution in [3.05, 3.63) is 48.6 Å². The molecule has 6 N–H and O–H groups in total. The van der Waals surface area contributed by atoms with E-state index in [0.29, 0.717) is 6.42 Å². The molecule has 0 aromatic carbocycles. The molecule has 1 rings (SSSR count). The Hall–Kier alpha value is -1.85. The van der Waals surface area contributed by atoms with Crippen LogP contribution in [0.25, 0.3) is 0 Å². The molecular weight excluding hydrogens is 863 g/mol. The van der Waals surface area contributed by atoms with E-state index in [-0.39, 0.29) is 12.5 Å². The quantitative estimate of drug-likeness (QED) is 0.0261. The molecule has 0 radical (unpaired) electrons. The number of hydrogen-bond donors (Lipinski definition) is 6. The Labute approximate surface area is 424 Å². The second-order valence-corrected chi connectivity index (χ2v) is 20.4. The average Bonchev–Trinajstić information content (AvgIpc) is 3.35. The van der Waals surface area contributed by atoms with Gasteiger partial charge >= 0.3 is 0 Å². The van der Waals surface area contributed by atoms with Gasteiger partial charge in [0.2, 0.25) is 5.91 Å². The zero-order chi connectivity index (χ0) is 50.1. The molecule has 7 atom stereocenters. The monoisotopic (exact) mass is 974 g/mol. The maximum absolute atomic E-state index is 13.0. The highest BCUT2D eigenvalue weighted by Gasteiger charge is 2.44. The van der Waals surface area contributed by atoms with Gasteiger partial charge in [0, 0.05) is 6.42 Å². The number of aliphatic hydroxyl groups is 5. The van der Waals surface area contributed by atoms with Crippen molar-refractivity contribution >= 4 is 5.91 Å². The maximum Gasteiger partial charge on any atom is 0.220 e. The minimum absolute atomic E-state index is 0.185. The van der Waals surface area contributed by atoms with E-state index in [9.17, 15) is 30.3 Å². The van der Waals surface area contributed by atoms with Crippen molar-refractivity contribution in [3.8, 4) is 0 Å². The first-order chi connectivity index (χ1) is 33.8. The number of nitrogens with one attached hydrogen (secondary N) is 1. The lowest BCUT2D eigenvalue weighted by Gasteiger charge is -2.40. The number of hydrogen-bond acceptors (Lipinski definition) is 8. The third-order valence-electron chi connectivity index (χ3n) is 13.9. The van der Waals surface area contributed by atoms with Gasteiger partial charge in [-0.25, -0.2) is 0 Å². The molecule has 1 saturated heterocycles. The largest absolute Gasteiger partial charge is 0.394 e. The van der Waals surface area contributed by atoms with Crippen LogP contribution in [0.1, 0.15) is 271 Å². The predicted molar refractivity (Wildman–Crippen MR) is 290 cm³/mol. The Morgan fingerprint density at radius 1 is 0.493 bits per heavy atom. The van der Waals surface area contributed by atoms with Gasteiger partial charge < -0.3 is 40.3 Å². The number of aliphatic hydroxyl groups excluding tert-OH is 5. The molecule has 9 nitrogen and oxygen atoms in total. The molecule has 0 aromatic rings. The number of ether oxygens (including phenoxy) is 2. The van der Waals surface area contributed by atoms with Crippen molar-refractivity contribution in [1.29, 1.82) is 0 Å². The van der Waals surface area contributed by atoms with Crippen molar-refractivity contribution in [2.45, 2.75) is 314 Å². The molecule has 0 aromatic heterocycles. The number of amides is 1. The topological polar surface area (TPSA) is 149 Å². The summed E-state index contributed by atoms with van der Waals surface area (Å²) in [4.78, 5) is 13.0. The Kier molecular flexibility index (Phi) is 47.0. The predicted octanol–water partition coefficient (Wildman–Crippen LogP) is 14.5. The highest BCUT2D eigenvalue weighted by atomic mass is 16.7. The van der Waals surface area contributed by atoms with Crippen LogP contribution in [0.5, 0.6) is 0 Å². The van der Waals surface area contributed by atoms with E-state index in [2.05, 4.69) is 55.6 Å². The molecule has 1 aliphatic heterocycles. The number of rotatable bonds is 50. The van der Waals surface area contributed by atoms with Gasteiger partial charge in [0.05, 0.1) is 25.4 Å². The Morgan fingerprint density at radius 3 is 1.30 bits per heavy atom. The first-order valence-electron chi connectivity index (χ1n) is 29.4. The summed E-state index contributed by atoms with van der Waals surface area (Å²) in [5, 5.41) is 54.3. The molecule has 404 valence electrons. The fourth-order valence-corrected chi connectivity index (χ4v) is 9.20. The molecule has 1 amide bonds. The summed E-state index contributed by atoms with van der Waals surface area (Å²) in [6.45, 7) is 3.76. The van der Waals surface area contributed by atoms with Crippen molar-refractivity contribution in [3.63, 3.8) is 0 Å². The van der Waals surface area contributed by atoms with Crippen molar-refractivity contribution in [1.82, 2.24) is 5.32 Å². The average molecular weight is 975 g/mol. The van der Waals surface area contributed by atoms with Crippen LogP contribution in [0, 0.1) is 0 Å². The van der Waals surface area contributed by atoms with Crippen LogP contribution in [0.4, 0.5) is 0 Å². The molecule has 1 heterocycles. The van der Waals surface area contributed by atoms with Gasteiger partial charge in [0.1, 0.15) is 24.4 Å². The van der Waals surface area contributed by atoms with E-state index >= 15 is 0 Å². The lowest BCUT2D eigenvalue weighted by atomic mass is 9.99. The lowest BCUT2D eigenvalue weighted by molar-refractivity contribution is -0.302. The maximum atomic E-state index is 13.0. The number of unbranched alkanes of at least 4 members (excludes halogenated alkanes) is 34. The molecule has 1 fully saturated rings. The molecular formula is C60H111NO8. The van der Waals surface area contributed by atoms with Crippen LogP contribution in [-0.4, -0.2) is 87.5 Å². The van der Waals surface area contributed by atoms with Gasteiger partial charge in [-0.3, -0.25) is 4.79 Å². The van der Waals surface area contributed by atoms with Crippen molar-refractivity contribution in [2.75, 3.05) is 13.2 Å². The summed E-state index contributed by atoms with van der Waals surface area (Å²) in [5.74, 6) is -0.185. The summed E-state index contributed by atoms with van der Waals surface area (Å²) in [5.41, 5.74) is 0. The molecule has 0 saturated carbocycles. The number of allylic oxidation sites excluding steroid dienone is 7. The summed E-state index contributed by atoms with van der Waals surface area (Å²) in [6.07, 6.45) is 59.1. The van der Waals surface area contributed by atoms with E-state index in [1.54, 1.807) is 6.08 Å². The summed E-state index contributed by atoms with van der Waals surface area (Å²) >= 11 is 0. The SMILES string of the molecule is CCCCCCCCC/C=C/CC/C=C/C(O)C(COC1OC(CO)C(O)C(O)C1O)NC(=O)CCCCCCCCCCCCCCCCCCC/C=C\C/C=C\CCCCCCCCCCC. The number of carbonyl (C=O) groups is 1. The molecule has 7 unspecified atom stereocenters. The van der Waals surface area contributed by atoms with Crippen LogP contribution in [0.15, 0.2) is 48.6 Å². The van der Waals surface area contributed by atoms with Crippen LogP contribution in [-0.2, 0) is 14.3 Å². The second-order valence-electron chi connectivity index (χ2n) is 20.4. The fraction of sp³-hybridized carbons (Fsp3) is 0.850. The third-order valence-corrected chi connectivity index (χ3v) is 13.9. The lowest BCUT2D eigenvalue weighted by Crippen LogP contribution is -2.60. The summed E-state index contributed by atoms with van der Waals surface area (Å²) < 4.78 is 11.2. The fourth-order valence-electron chi connectivity index (χ4n) is 9.20. The molecule has 0 spiro atoms. The van der Waals surface area contributed by atoms with Crippen molar-refractivity contribution in [2.24, 2.45) is 0 Å². The first kappa shape index (κ1) is 65.2. The molecule has 0 aliphatic carbocycles. The molecule has 9 heteroatoms. The van der Waals surface area contributed by atoms with Gasteiger partial charge in [-0.2, -0.15) is 0 Å². The Bertz CT molecular complexity index is 1220. The van der Waals surface area contributed by atoms with Crippen LogP contribution >= 0.6 is 0 Å². The Balaban J connectivity index is 2.12. The zero-order valence-electron chi connectivity index (χ0n) is 44.8. The molecule has 0 bridgehead atoms. The van der Waals surface area contributed by atoms with Crippen LogP contribution in [0.3, 0.4) is 0 Å². The second kappa shape index (κ2) is 49.7. The van der Waals surface area contributed by atoms with E-state index in [1.165, 1.54) is 205 Å². The van der Waals surface area contributed by atoms with Gasteiger partial charge in [-0.05, 0) is 64.2 Å². The summed E-state index contributed by atoms with van der Waals surface area (Å²) in [7, 11) is 0. The van der Waals surface area contributed by atoms with E-state index in [4.69, 9.17) is 9.47 Å². The third kappa shape index (κ3) is 39.4. The van der Waals surface area contributed by atoms with Crippen LogP contribution < -0.4 is 5.32 Å². The van der Waals surface area contributed by atoms with Gasteiger partial charge in [0.25, 0.3) is 0 Å². The number of carbonyl (C=O) groups excluding carboxylic acids is 1.